The molecule has 0 atom stereocenters. The SMILES string of the molecule is CC(=O)c1cccc(N(CC(=O)Nc2ccc(Br)c(C)c2)S(C)(=O)=O)c1. The number of anilines is 2. The molecule has 0 aromatic heterocycles. The highest BCUT2D eigenvalue weighted by atomic mass is 79.9. The van der Waals surface area contributed by atoms with Gasteiger partial charge in [-0.25, -0.2) is 8.42 Å². The van der Waals surface area contributed by atoms with Gasteiger partial charge in [-0.15, -0.1) is 0 Å². The van der Waals surface area contributed by atoms with Crippen molar-refractivity contribution in [2.24, 2.45) is 0 Å². The number of aryl methyl sites for hydroxylation is 1. The molecule has 0 saturated heterocycles. The third kappa shape index (κ3) is 5.15. The third-order valence-corrected chi connectivity index (χ3v) is 5.70. The first-order valence-electron chi connectivity index (χ1n) is 7.72. The highest BCUT2D eigenvalue weighted by Crippen LogP contribution is 2.22. The number of Topliss-reactive ketones (excluding diaryl/α,β-unsaturated/α-hetero) is 1. The van der Waals surface area contributed by atoms with Crippen molar-refractivity contribution in [3.05, 3.63) is 58.1 Å². The third-order valence-electron chi connectivity index (χ3n) is 3.67. The van der Waals surface area contributed by atoms with Crippen LogP contribution in [0.25, 0.3) is 0 Å². The average Bonchev–Trinajstić information content (AvgIpc) is 2.55. The quantitative estimate of drug-likeness (QED) is 0.700. The Morgan fingerprint density at radius 3 is 2.42 bits per heavy atom. The van der Waals surface area contributed by atoms with E-state index in [-0.39, 0.29) is 11.5 Å². The van der Waals surface area contributed by atoms with E-state index in [9.17, 15) is 18.0 Å². The van der Waals surface area contributed by atoms with Crippen molar-refractivity contribution in [2.75, 3.05) is 22.4 Å². The number of hydrogen-bond donors (Lipinski definition) is 1. The summed E-state index contributed by atoms with van der Waals surface area (Å²) in [7, 11) is -3.71. The van der Waals surface area contributed by atoms with E-state index in [0.29, 0.717) is 11.3 Å². The normalized spacial score (nSPS) is 11.1. The maximum atomic E-state index is 12.4. The first kappa shape index (κ1) is 20.1. The van der Waals surface area contributed by atoms with Gasteiger partial charge in [0.15, 0.2) is 5.78 Å². The second kappa shape index (κ2) is 8.01. The molecule has 1 N–H and O–H groups in total. The Morgan fingerprint density at radius 1 is 1.15 bits per heavy atom. The van der Waals surface area contributed by atoms with Crippen LogP contribution in [0.5, 0.6) is 0 Å². The molecule has 0 saturated carbocycles. The predicted octanol–water partition coefficient (Wildman–Crippen LogP) is 3.36. The molecule has 1 amide bonds. The largest absolute Gasteiger partial charge is 0.325 e. The molecule has 138 valence electrons. The van der Waals surface area contributed by atoms with Crippen LogP contribution in [0.3, 0.4) is 0 Å². The van der Waals surface area contributed by atoms with Crippen molar-refractivity contribution in [1.82, 2.24) is 0 Å². The number of rotatable bonds is 6. The number of amides is 1. The summed E-state index contributed by atoms with van der Waals surface area (Å²) in [6, 6.07) is 11.5. The molecule has 0 aliphatic heterocycles. The minimum atomic E-state index is -3.71. The second-order valence-electron chi connectivity index (χ2n) is 5.89. The van der Waals surface area contributed by atoms with Gasteiger partial charge in [-0.3, -0.25) is 13.9 Å². The maximum absolute atomic E-state index is 12.4. The number of benzene rings is 2. The molecule has 26 heavy (non-hydrogen) atoms. The van der Waals surface area contributed by atoms with Crippen molar-refractivity contribution >= 4 is 49.0 Å². The van der Waals surface area contributed by atoms with Gasteiger partial charge in [0.25, 0.3) is 0 Å². The zero-order chi connectivity index (χ0) is 19.5. The van der Waals surface area contributed by atoms with Crippen LogP contribution in [0.2, 0.25) is 0 Å². The van der Waals surface area contributed by atoms with Crippen LogP contribution in [0.4, 0.5) is 11.4 Å². The average molecular weight is 439 g/mol. The van der Waals surface area contributed by atoms with E-state index in [1.165, 1.54) is 13.0 Å². The van der Waals surface area contributed by atoms with Crippen LogP contribution in [-0.2, 0) is 14.8 Å². The van der Waals surface area contributed by atoms with Gasteiger partial charge < -0.3 is 5.32 Å². The van der Waals surface area contributed by atoms with E-state index in [4.69, 9.17) is 0 Å². The standard InChI is InChI=1S/C18H19BrN2O4S/c1-12-9-15(7-8-17(12)19)20-18(23)11-21(26(3,24)25)16-6-4-5-14(10-16)13(2)22/h4-10H,11H2,1-3H3,(H,20,23). The summed E-state index contributed by atoms with van der Waals surface area (Å²) in [5.74, 6) is -0.666. The molecule has 0 fully saturated rings. The van der Waals surface area contributed by atoms with Crippen LogP contribution in [-0.4, -0.2) is 32.9 Å². The van der Waals surface area contributed by atoms with Gasteiger partial charge in [0.05, 0.1) is 11.9 Å². The van der Waals surface area contributed by atoms with E-state index in [1.54, 1.807) is 36.4 Å². The number of nitrogens with zero attached hydrogens (tertiary/aromatic N) is 1. The summed E-state index contributed by atoms with van der Waals surface area (Å²) >= 11 is 3.38. The Hall–Kier alpha value is -2.19. The summed E-state index contributed by atoms with van der Waals surface area (Å²) in [6.07, 6.45) is 1.02. The first-order chi connectivity index (χ1) is 12.1. The molecule has 2 aromatic carbocycles. The van der Waals surface area contributed by atoms with Crippen molar-refractivity contribution in [1.29, 1.82) is 0 Å². The van der Waals surface area contributed by atoms with Gasteiger partial charge in [-0.05, 0) is 49.7 Å². The molecule has 0 radical (unpaired) electrons. The monoisotopic (exact) mass is 438 g/mol. The lowest BCUT2D eigenvalue weighted by Crippen LogP contribution is -2.37. The zero-order valence-corrected chi connectivity index (χ0v) is 17.0. The van der Waals surface area contributed by atoms with E-state index >= 15 is 0 Å². The molecule has 2 rings (SSSR count). The smallest absolute Gasteiger partial charge is 0.245 e. The van der Waals surface area contributed by atoms with Crippen LogP contribution in [0.15, 0.2) is 46.9 Å². The van der Waals surface area contributed by atoms with E-state index in [1.807, 2.05) is 6.92 Å². The fraction of sp³-hybridized carbons (Fsp3) is 0.222. The van der Waals surface area contributed by atoms with Crippen molar-refractivity contribution < 1.29 is 18.0 Å². The number of sulfonamides is 1. The lowest BCUT2D eigenvalue weighted by atomic mass is 10.1. The first-order valence-corrected chi connectivity index (χ1v) is 10.4. The summed E-state index contributed by atoms with van der Waals surface area (Å²) < 4.78 is 26.2. The van der Waals surface area contributed by atoms with Crippen LogP contribution in [0.1, 0.15) is 22.8 Å². The van der Waals surface area contributed by atoms with Crippen LogP contribution >= 0.6 is 15.9 Å². The minimum absolute atomic E-state index is 0.185. The van der Waals surface area contributed by atoms with E-state index in [2.05, 4.69) is 21.2 Å². The van der Waals surface area contributed by atoms with Gasteiger partial charge in [0, 0.05) is 15.7 Å². The fourth-order valence-corrected chi connectivity index (χ4v) is 3.43. The topological polar surface area (TPSA) is 83.6 Å². The van der Waals surface area contributed by atoms with Crippen LogP contribution < -0.4 is 9.62 Å². The molecule has 6 nitrogen and oxygen atoms in total. The Morgan fingerprint density at radius 2 is 1.85 bits per heavy atom. The highest BCUT2D eigenvalue weighted by molar-refractivity contribution is 9.10. The molecule has 0 spiro atoms. The molecule has 0 bridgehead atoms. The Kier molecular flexibility index (Phi) is 6.20. The van der Waals surface area contributed by atoms with E-state index in [0.717, 1.165) is 20.6 Å². The highest BCUT2D eigenvalue weighted by Gasteiger charge is 2.21. The minimum Gasteiger partial charge on any atom is -0.325 e. The number of hydrogen-bond acceptors (Lipinski definition) is 4. The van der Waals surface area contributed by atoms with Gasteiger partial charge in [0.2, 0.25) is 15.9 Å². The lowest BCUT2D eigenvalue weighted by molar-refractivity contribution is -0.114. The second-order valence-corrected chi connectivity index (χ2v) is 8.65. The zero-order valence-electron chi connectivity index (χ0n) is 14.6. The van der Waals surface area contributed by atoms with Crippen molar-refractivity contribution in [3.8, 4) is 0 Å². The Balaban J connectivity index is 2.25. The number of ketones is 1. The number of halogens is 1. The number of carbonyl (C=O) groups excluding carboxylic acids is 2. The van der Waals surface area contributed by atoms with E-state index < -0.39 is 22.5 Å². The van der Waals surface area contributed by atoms with Crippen LogP contribution in [0, 0.1) is 6.92 Å². The Bertz CT molecular complexity index is 957. The summed E-state index contributed by atoms with van der Waals surface area (Å²) in [6.45, 7) is 2.89. The van der Waals surface area contributed by atoms with Gasteiger partial charge >= 0.3 is 0 Å². The lowest BCUT2D eigenvalue weighted by Gasteiger charge is -2.22. The maximum Gasteiger partial charge on any atom is 0.245 e. The number of carbonyl (C=O) groups is 2. The van der Waals surface area contributed by atoms with Gasteiger partial charge in [-0.2, -0.15) is 0 Å². The molecule has 0 aliphatic rings. The molecule has 0 aliphatic carbocycles. The summed E-state index contributed by atoms with van der Waals surface area (Å²) in [4.78, 5) is 23.9. The Labute approximate surface area is 161 Å². The molecule has 8 heteroatoms. The number of nitrogens with one attached hydrogen (secondary N) is 1. The molecule has 0 heterocycles. The van der Waals surface area contributed by atoms with Crippen molar-refractivity contribution in [3.63, 3.8) is 0 Å². The molecular weight excluding hydrogens is 420 g/mol. The molecule has 0 unspecified atom stereocenters. The van der Waals surface area contributed by atoms with Gasteiger partial charge in [0.1, 0.15) is 6.54 Å². The van der Waals surface area contributed by atoms with Gasteiger partial charge in [-0.1, -0.05) is 28.1 Å². The molecule has 2 aromatic rings. The summed E-state index contributed by atoms with van der Waals surface area (Å²) in [5, 5.41) is 2.69. The molecular formula is C18H19BrN2O4S. The fourth-order valence-electron chi connectivity index (χ4n) is 2.33. The summed E-state index contributed by atoms with van der Waals surface area (Å²) in [5.41, 5.74) is 2.15. The predicted molar refractivity (Wildman–Crippen MR) is 106 cm³/mol. The van der Waals surface area contributed by atoms with Crippen molar-refractivity contribution in [2.45, 2.75) is 13.8 Å².